The molecule has 7 heteroatoms. The second kappa shape index (κ2) is 4.89. The Bertz CT molecular complexity index is 648. The number of carboxylic acids is 1. The van der Waals surface area contributed by atoms with Crippen LogP contribution in [0.1, 0.15) is 21.6 Å². The molecule has 19 heavy (non-hydrogen) atoms. The number of aryl methyl sites for hydroxylation is 1. The van der Waals surface area contributed by atoms with E-state index in [0.29, 0.717) is 11.3 Å². The molecular weight excluding hydrogens is 250 g/mol. The molecule has 7 nitrogen and oxygen atoms in total. The van der Waals surface area contributed by atoms with Crippen molar-refractivity contribution in [1.29, 1.82) is 0 Å². The summed E-state index contributed by atoms with van der Waals surface area (Å²) in [4.78, 5) is 21.1. The van der Waals surface area contributed by atoms with Gasteiger partial charge in [-0.2, -0.15) is 4.68 Å². The van der Waals surface area contributed by atoms with Gasteiger partial charge in [0.15, 0.2) is 0 Å². The van der Waals surface area contributed by atoms with Crippen molar-refractivity contribution in [1.82, 2.24) is 9.78 Å². The summed E-state index contributed by atoms with van der Waals surface area (Å²) in [5, 5.41) is 23.5. The van der Waals surface area contributed by atoms with Gasteiger partial charge in [-0.3, -0.25) is 0 Å². The molecule has 0 atom stereocenters. The molecule has 0 aliphatic heterocycles. The largest absolute Gasteiger partial charge is 0.478 e. The maximum absolute atomic E-state index is 11.1. The topological polar surface area (TPSA) is 98.3 Å². The van der Waals surface area contributed by atoms with Crippen LogP contribution in [0.15, 0.2) is 30.3 Å². The highest BCUT2D eigenvalue weighted by Crippen LogP contribution is 2.15. The number of aromatic nitrogens is 2. The summed E-state index contributed by atoms with van der Waals surface area (Å²) >= 11 is 0. The predicted octanol–water partition coefficient (Wildman–Crippen LogP) is 1.85. The molecule has 2 aromatic rings. The minimum absolute atomic E-state index is 0.167. The molecule has 1 aromatic carbocycles. The molecular formula is C12H11N3O4. The number of aromatic carboxylic acids is 1. The molecule has 0 amide bonds. The Morgan fingerprint density at radius 2 is 2.16 bits per heavy atom. The van der Waals surface area contributed by atoms with Crippen molar-refractivity contribution in [2.24, 2.45) is 0 Å². The van der Waals surface area contributed by atoms with Gasteiger partial charge >= 0.3 is 11.8 Å². The molecule has 1 N–H and O–H groups in total. The standard InChI is InChI=1S/C12H11N3O4/c1-8-6-11(15(18)19)13-14(8)7-9-4-2-3-5-10(9)12(16)17/h2-6H,7H2,1H3,(H,16,17). The molecule has 1 aromatic heterocycles. The number of carboxylic acid groups (broad SMARTS) is 1. The van der Waals surface area contributed by atoms with Gasteiger partial charge in [-0.25, -0.2) is 4.79 Å². The molecule has 0 fully saturated rings. The first-order valence-corrected chi connectivity index (χ1v) is 5.49. The van der Waals surface area contributed by atoms with E-state index >= 15 is 0 Å². The van der Waals surface area contributed by atoms with Crippen molar-refractivity contribution in [3.63, 3.8) is 0 Å². The van der Waals surface area contributed by atoms with Crippen LogP contribution in [-0.4, -0.2) is 25.8 Å². The first-order valence-electron chi connectivity index (χ1n) is 5.49. The van der Waals surface area contributed by atoms with Crippen molar-refractivity contribution < 1.29 is 14.8 Å². The lowest BCUT2D eigenvalue weighted by Crippen LogP contribution is -2.09. The quantitative estimate of drug-likeness (QED) is 0.668. The molecule has 0 bridgehead atoms. The second-order valence-electron chi connectivity index (χ2n) is 4.02. The third-order valence-corrected chi connectivity index (χ3v) is 2.72. The van der Waals surface area contributed by atoms with Crippen molar-refractivity contribution in [3.8, 4) is 0 Å². The van der Waals surface area contributed by atoms with E-state index in [1.165, 1.54) is 16.8 Å². The third kappa shape index (κ3) is 2.59. The Hall–Kier alpha value is -2.70. The molecule has 1 heterocycles. The molecule has 0 saturated heterocycles. The van der Waals surface area contributed by atoms with Crippen LogP contribution in [-0.2, 0) is 6.54 Å². The Labute approximate surface area is 108 Å². The van der Waals surface area contributed by atoms with Crippen LogP contribution in [0.5, 0.6) is 0 Å². The van der Waals surface area contributed by atoms with Gasteiger partial charge in [-0.1, -0.05) is 18.2 Å². The van der Waals surface area contributed by atoms with Crippen molar-refractivity contribution in [2.45, 2.75) is 13.5 Å². The molecule has 0 spiro atoms. The van der Waals surface area contributed by atoms with Gasteiger partial charge in [0.1, 0.15) is 0 Å². The van der Waals surface area contributed by atoms with Crippen LogP contribution in [0.4, 0.5) is 5.82 Å². The lowest BCUT2D eigenvalue weighted by molar-refractivity contribution is -0.389. The summed E-state index contributed by atoms with van der Waals surface area (Å²) in [5.41, 5.74) is 1.32. The van der Waals surface area contributed by atoms with Gasteiger partial charge in [0.25, 0.3) is 0 Å². The zero-order valence-corrected chi connectivity index (χ0v) is 10.1. The normalized spacial score (nSPS) is 10.4. The zero-order valence-electron chi connectivity index (χ0n) is 10.1. The van der Waals surface area contributed by atoms with E-state index in [9.17, 15) is 14.9 Å². The van der Waals surface area contributed by atoms with E-state index < -0.39 is 10.9 Å². The molecule has 0 saturated carbocycles. The summed E-state index contributed by atoms with van der Waals surface area (Å²) in [6, 6.07) is 7.85. The summed E-state index contributed by atoms with van der Waals surface area (Å²) in [6.07, 6.45) is 0. The van der Waals surface area contributed by atoms with Crippen molar-refractivity contribution in [2.75, 3.05) is 0 Å². The fourth-order valence-corrected chi connectivity index (χ4v) is 1.77. The summed E-state index contributed by atoms with van der Waals surface area (Å²) in [7, 11) is 0. The maximum atomic E-state index is 11.1. The minimum Gasteiger partial charge on any atom is -0.478 e. The fourth-order valence-electron chi connectivity index (χ4n) is 1.77. The maximum Gasteiger partial charge on any atom is 0.390 e. The van der Waals surface area contributed by atoms with Gasteiger partial charge in [0.05, 0.1) is 29.0 Å². The lowest BCUT2D eigenvalue weighted by atomic mass is 10.1. The number of nitro groups is 1. The van der Waals surface area contributed by atoms with Crippen LogP contribution in [0.2, 0.25) is 0 Å². The predicted molar refractivity (Wildman–Crippen MR) is 66.1 cm³/mol. The van der Waals surface area contributed by atoms with Crippen LogP contribution in [0.3, 0.4) is 0 Å². The van der Waals surface area contributed by atoms with Crippen molar-refractivity contribution in [3.05, 3.63) is 57.3 Å². The summed E-state index contributed by atoms with van der Waals surface area (Å²) in [6.45, 7) is 1.87. The third-order valence-electron chi connectivity index (χ3n) is 2.72. The Morgan fingerprint density at radius 3 is 2.74 bits per heavy atom. The van der Waals surface area contributed by atoms with Gasteiger partial charge in [-0.05, 0) is 23.5 Å². The van der Waals surface area contributed by atoms with Gasteiger partial charge in [0, 0.05) is 0 Å². The minimum atomic E-state index is -1.03. The van der Waals surface area contributed by atoms with Gasteiger partial charge in [0.2, 0.25) is 0 Å². The zero-order chi connectivity index (χ0) is 14.0. The van der Waals surface area contributed by atoms with Crippen molar-refractivity contribution >= 4 is 11.8 Å². The monoisotopic (exact) mass is 261 g/mol. The van der Waals surface area contributed by atoms with E-state index in [1.54, 1.807) is 25.1 Å². The average molecular weight is 261 g/mol. The number of hydrogen-bond donors (Lipinski definition) is 1. The Morgan fingerprint density at radius 1 is 1.47 bits per heavy atom. The van der Waals surface area contributed by atoms with E-state index in [1.807, 2.05) is 0 Å². The highest BCUT2D eigenvalue weighted by atomic mass is 16.6. The number of carbonyl (C=O) groups is 1. The Balaban J connectivity index is 2.36. The lowest BCUT2D eigenvalue weighted by Gasteiger charge is -2.04. The SMILES string of the molecule is Cc1cc([N+](=O)[O-])nn1Cc1ccccc1C(=O)O. The van der Waals surface area contributed by atoms with Crippen LogP contribution < -0.4 is 0 Å². The number of hydrogen-bond acceptors (Lipinski definition) is 4. The van der Waals surface area contributed by atoms with Crippen LogP contribution in [0, 0.1) is 17.0 Å². The average Bonchev–Trinajstić information content (AvgIpc) is 2.72. The van der Waals surface area contributed by atoms with Gasteiger partial charge < -0.3 is 15.2 Å². The smallest absolute Gasteiger partial charge is 0.390 e. The highest BCUT2D eigenvalue weighted by Gasteiger charge is 2.17. The first-order chi connectivity index (χ1) is 8.99. The first kappa shape index (κ1) is 12.7. The van der Waals surface area contributed by atoms with E-state index in [2.05, 4.69) is 5.10 Å². The number of nitrogens with zero attached hydrogens (tertiary/aromatic N) is 3. The summed E-state index contributed by atoms with van der Waals surface area (Å²) < 4.78 is 1.42. The Kier molecular flexibility index (Phi) is 3.28. The molecule has 98 valence electrons. The van der Waals surface area contributed by atoms with Crippen LogP contribution >= 0.6 is 0 Å². The molecule has 0 radical (unpaired) electrons. The fraction of sp³-hybridized carbons (Fsp3) is 0.167. The molecule has 0 aliphatic carbocycles. The number of benzene rings is 1. The van der Waals surface area contributed by atoms with Gasteiger partial charge in [-0.15, -0.1) is 0 Å². The van der Waals surface area contributed by atoms with E-state index in [0.717, 1.165) is 0 Å². The van der Waals surface area contributed by atoms with E-state index in [-0.39, 0.29) is 17.9 Å². The second-order valence-corrected chi connectivity index (χ2v) is 4.02. The number of rotatable bonds is 4. The van der Waals surface area contributed by atoms with E-state index in [4.69, 9.17) is 5.11 Å². The molecule has 2 rings (SSSR count). The van der Waals surface area contributed by atoms with Crippen LogP contribution in [0.25, 0.3) is 0 Å². The summed E-state index contributed by atoms with van der Waals surface area (Å²) in [5.74, 6) is -1.28. The molecule has 0 unspecified atom stereocenters. The molecule has 0 aliphatic rings. The highest BCUT2D eigenvalue weighted by molar-refractivity contribution is 5.89.